The highest BCUT2D eigenvalue weighted by Gasteiger charge is 2.34. The quantitative estimate of drug-likeness (QED) is 0.623. The van der Waals surface area contributed by atoms with Gasteiger partial charge in [-0.1, -0.05) is 12.5 Å². The summed E-state index contributed by atoms with van der Waals surface area (Å²) in [6, 6.07) is 0.630. The van der Waals surface area contributed by atoms with Crippen molar-refractivity contribution in [3.05, 3.63) is 11.8 Å². The van der Waals surface area contributed by atoms with Crippen molar-refractivity contribution in [1.29, 1.82) is 0 Å². The van der Waals surface area contributed by atoms with Gasteiger partial charge in [-0.2, -0.15) is 0 Å². The summed E-state index contributed by atoms with van der Waals surface area (Å²) >= 11 is 0. The minimum Gasteiger partial charge on any atom is -0.481 e. The molecule has 0 amide bonds. The van der Waals surface area contributed by atoms with E-state index in [-0.39, 0.29) is 0 Å². The third-order valence-corrected chi connectivity index (χ3v) is 3.53. The Morgan fingerprint density at radius 2 is 2.31 bits per heavy atom. The van der Waals surface area contributed by atoms with E-state index in [1.165, 1.54) is 25.0 Å². The van der Waals surface area contributed by atoms with Crippen molar-refractivity contribution in [1.82, 2.24) is 10.9 Å². The topological polar surface area (TPSA) is 61.4 Å². The van der Waals surface area contributed by atoms with E-state index in [1.807, 2.05) is 0 Å². The summed E-state index contributed by atoms with van der Waals surface area (Å²) in [5, 5.41) is 8.51. The molecular formula is C12H20N2O2. The SMILES string of the molecule is O=C(O)CCCCC=C1NNC2CCCC12. The van der Waals surface area contributed by atoms with Crippen LogP contribution >= 0.6 is 0 Å². The number of fused-ring (bicyclic) bond motifs is 1. The van der Waals surface area contributed by atoms with Gasteiger partial charge in [0.1, 0.15) is 0 Å². The molecule has 1 saturated heterocycles. The zero-order chi connectivity index (χ0) is 11.4. The van der Waals surface area contributed by atoms with Crippen molar-refractivity contribution in [2.24, 2.45) is 5.92 Å². The van der Waals surface area contributed by atoms with E-state index >= 15 is 0 Å². The number of carboxylic acid groups (broad SMARTS) is 1. The first kappa shape index (κ1) is 11.5. The molecule has 2 aliphatic rings. The van der Waals surface area contributed by atoms with Crippen LogP contribution in [0.3, 0.4) is 0 Å². The van der Waals surface area contributed by atoms with Crippen molar-refractivity contribution in [2.75, 3.05) is 0 Å². The molecule has 1 aliphatic carbocycles. The van der Waals surface area contributed by atoms with Gasteiger partial charge in [-0.15, -0.1) is 0 Å². The molecule has 0 bridgehead atoms. The van der Waals surface area contributed by atoms with E-state index in [2.05, 4.69) is 16.9 Å². The number of nitrogens with one attached hydrogen (secondary N) is 2. The molecule has 0 radical (unpaired) electrons. The maximum absolute atomic E-state index is 10.3. The molecule has 2 fully saturated rings. The van der Waals surface area contributed by atoms with Gasteiger partial charge in [0.25, 0.3) is 0 Å². The summed E-state index contributed by atoms with van der Waals surface area (Å²) in [6.07, 6.45) is 9.14. The van der Waals surface area contributed by atoms with Crippen LogP contribution in [0.2, 0.25) is 0 Å². The molecule has 2 rings (SSSR count). The Hall–Kier alpha value is -1.03. The van der Waals surface area contributed by atoms with Crippen molar-refractivity contribution in [2.45, 2.75) is 51.0 Å². The molecule has 3 N–H and O–H groups in total. The number of hydrazine groups is 1. The monoisotopic (exact) mass is 224 g/mol. The highest BCUT2D eigenvalue weighted by Crippen LogP contribution is 2.33. The molecule has 4 heteroatoms. The van der Waals surface area contributed by atoms with Gasteiger partial charge in [0.2, 0.25) is 0 Å². The first-order chi connectivity index (χ1) is 7.77. The van der Waals surface area contributed by atoms with E-state index < -0.39 is 5.97 Å². The average Bonchev–Trinajstić information content (AvgIpc) is 2.80. The van der Waals surface area contributed by atoms with Crippen molar-refractivity contribution >= 4 is 5.97 Å². The predicted octanol–water partition coefficient (Wildman–Crippen LogP) is 1.79. The number of aliphatic carboxylic acids is 1. The van der Waals surface area contributed by atoms with Gasteiger partial charge in [0.05, 0.1) is 0 Å². The van der Waals surface area contributed by atoms with Gasteiger partial charge < -0.3 is 10.5 Å². The standard InChI is InChI=1S/C12H20N2O2/c15-12(16)8-3-1-2-6-10-9-5-4-7-11(9)14-13-10/h6,9,11,13-14H,1-5,7-8H2,(H,15,16). The number of allylic oxidation sites excluding steroid dienone is 1. The Balaban J connectivity index is 1.69. The molecule has 0 aromatic rings. The first-order valence-electron chi connectivity index (χ1n) is 6.21. The van der Waals surface area contributed by atoms with Gasteiger partial charge in [0, 0.05) is 24.1 Å². The fourth-order valence-corrected chi connectivity index (χ4v) is 2.65. The van der Waals surface area contributed by atoms with E-state index in [9.17, 15) is 4.79 Å². The van der Waals surface area contributed by atoms with Crippen LogP contribution in [0, 0.1) is 5.92 Å². The van der Waals surface area contributed by atoms with E-state index in [0.717, 1.165) is 19.3 Å². The van der Waals surface area contributed by atoms with Crippen molar-refractivity contribution in [3.8, 4) is 0 Å². The largest absolute Gasteiger partial charge is 0.481 e. The van der Waals surface area contributed by atoms with Gasteiger partial charge in [-0.3, -0.25) is 4.79 Å². The lowest BCUT2D eigenvalue weighted by molar-refractivity contribution is -0.137. The zero-order valence-corrected chi connectivity index (χ0v) is 9.54. The number of hydrogen-bond donors (Lipinski definition) is 3. The highest BCUT2D eigenvalue weighted by atomic mass is 16.4. The van der Waals surface area contributed by atoms with E-state index in [1.54, 1.807) is 0 Å². The lowest BCUT2D eigenvalue weighted by Gasteiger charge is -2.06. The molecule has 1 saturated carbocycles. The molecule has 1 aliphatic heterocycles. The normalized spacial score (nSPS) is 30.4. The lowest BCUT2D eigenvalue weighted by Crippen LogP contribution is -2.29. The molecule has 1 heterocycles. The number of carboxylic acids is 1. The Morgan fingerprint density at radius 3 is 3.12 bits per heavy atom. The molecular weight excluding hydrogens is 204 g/mol. The predicted molar refractivity (Wildman–Crippen MR) is 61.6 cm³/mol. The summed E-state index contributed by atoms with van der Waals surface area (Å²) in [5.41, 5.74) is 7.90. The number of hydrogen-bond acceptors (Lipinski definition) is 3. The summed E-state index contributed by atoms with van der Waals surface area (Å²) in [4.78, 5) is 10.3. The van der Waals surface area contributed by atoms with Crippen LogP contribution in [-0.4, -0.2) is 17.1 Å². The van der Waals surface area contributed by atoms with E-state index in [4.69, 9.17) is 5.11 Å². The number of unbranched alkanes of at least 4 members (excludes halogenated alkanes) is 2. The third kappa shape index (κ3) is 2.76. The molecule has 4 nitrogen and oxygen atoms in total. The zero-order valence-electron chi connectivity index (χ0n) is 9.54. The molecule has 90 valence electrons. The molecule has 0 spiro atoms. The van der Waals surface area contributed by atoms with Gasteiger partial charge in [0.15, 0.2) is 0 Å². The average molecular weight is 224 g/mol. The Bertz CT molecular complexity index is 289. The third-order valence-electron chi connectivity index (χ3n) is 3.53. The molecule has 0 aromatic carbocycles. The molecule has 16 heavy (non-hydrogen) atoms. The lowest BCUT2D eigenvalue weighted by atomic mass is 10.0. The molecule has 2 atom stereocenters. The van der Waals surface area contributed by atoms with Gasteiger partial charge in [-0.25, -0.2) is 5.43 Å². The summed E-state index contributed by atoms with van der Waals surface area (Å²) in [5.74, 6) is -0.0105. The van der Waals surface area contributed by atoms with Crippen LogP contribution in [0.25, 0.3) is 0 Å². The smallest absolute Gasteiger partial charge is 0.303 e. The summed E-state index contributed by atoms with van der Waals surface area (Å²) < 4.78 is 0. The fraction of sp³-hybridized carbons (Fsp3) is 0.750. The fourth-order valence-electron chi connectivity index (χ4n) is 2.65. The Kier molecular flexibility index (Phi) is 3.83. The second-order valence-corrected chi connectivity index (χ2v) is 4.71. The Morgan fingerprint density at radius 1 is 1.44 bits per heavy atom. The Labute approximate surface area is 96.1 Å². The van der Waals surface area contributed by atoms with Crippen LogP contribution < -0.4 is 10.9 Å². The second-order valence-electron chi connectivity index (χ2n) is 4.71. The van der Waals surface area contributed by atoms with Crippen LogP contribution in [0.5, 0.6) is 0 Å². The van der Waals surface area contributed by atoms with Crippen LogP contribution in [0.15, 0.2) is 11.8 Å². The van der Waals surface area contributed by atoms with Crippen molar-refractivity contribution in [3.63, 3.8) is 0 Å². The molecule has 0 aromatic heterocycles. The maximum atomic E-state index is 10.3. The van der Waals surface area contributed by atoms with E-state index in [0.29, 0.717) is 18.4 Å². The highest BCUT2D eigenvalue weighted by molar-refractivity contribution is 5.66. The summed E-state index contributed by atoms with van der Waals surface area (Å²) in [7, 11) is 0. The van der Waals surface area contributed by atoms with Crippen molar-refractivity contribution < 1.29 is 9.90 Å². The number of rotatable bonds is 5. The minimum atomic E-state index is -0.691. The molecule has 2 unspecified atom stereocenters. The maximum Gasteiger partial charge on any atom is 0.303 e. The first-order valence-corrected chi connectivity index (χ1v) is 6.21. The van der Waals surface area contributed by atoms with Crippen LogP contribution in [-0.2, 0) is 4.79 Å². The van der Waals surface area contributed by atoms with Crippen LogP contribution in [0.4, 0.5) is 0 Å². The van der Waals surface area contributed by atoms with Crippen LogP contribution in [0.1, 0.15) is 44.9 Å². The number of carbonyl (C=O) groups is 1. The summed E-state index contributed by atoms with van der Waals surface area (Å²) in [6.45, 7) is 0. The minimum absolute atomic E-state index is 0.293. The van der Waals surface area contributed by atoms with Gasteiger partial charge >= 0.3 is 5.97 Å². The second kappa shape index (κ2) is 5.34. The van der Waals surface area contributed by atoms with Gasteiger partial charge in [-0.05, 0) is 32.1 Å².